The summed E-state index contributed by atoms with van der Waals surface area (Å²) in [5.74, 6) is 0.833. The van der Waals surface area contributed by atoms with E-state index in [1.165, 1.54) is 0 Å². The molecule has 0 N–H and O–H groups in total. The van der Waals surface area contributed by atoms with Crippen molar-refractivity contribution in [1.82, 2.24) is 0 Å². The zero-order valence-electron chi connectivity index (χ0n) is 8.00. The molecule has 0 radical (unpaired) electrons. The first-order chi connectivity index (χ1) is 6.72. The molecule has 74 valence electrons. The number of thioether (sulfide) groups is 1. The standard InChI is InChI=1S/C10H10BrNOS/c1-13-10-8(11)5-7(3-4-12)6-9(10)14-2/h5-6H,3H2,1-2H3. The van der Waals surface area contributed by atoms with Crippen molar-refractivity contribution in [2.45, 2.75) is 11.3 Å². The normalized spacial score (nSPS) is 9.57. The van der Waals surface area contributed by atoms with Gasteiger partial charge in [0.15, 0.2) is 0 Å². The molecule has 0 heterocycles. The summed E-state index contributed by atoms with van der Waals surface area (Å²) in [4.78, 5) is 1.05. The molecule has 0 spiro atoms. The quantitative estimate of drug-likeness (QED) is 0.792. The monoisotopic (exact) mass is 271 g/mol. The Morgan fingerprint density at radius 2 is 2.29 bits per heavy atom. The second-order valence-electron chi connectivity index (χ2n) is 2.65. The van der Waals surface area contributed by atoms with E-state index in [1.807, 2.05) is 18.4 Å². The molecule has 2 nitrogen and oxygen atoms in total. The van der Waals surface area contributed by atoms with Gasteiger partial charge in [-0.2, -0.15) is 5.26 Å². The van der Waals surface area contributed by atoms with Gasteiger partial charge in [0.05, 0.1) is 29.0 Å². The smallest absolute Gasteiger partial charge is 0.146 e. The number of nitriles is 1. The molecule has 0 fully saturated rings. The van der Waals surface area contributed by atoms with Crippen LogP contribution in [-0.2, 0) is 6.42 Å². The second-order valence-corrected chi connectivity index (χ2v) is 4.35. The van der Waals surface area contributed by atoms with Crippen LogP contribution in [0.4, 0.5) is 0 Å². The van der Waals surface area contributed by atoms with Crippen molar-refractivity contribution in [1.29, 1.82) is 5.26 Å². The molecule has 1 aromatic carbocycles. The van der Waals surface area contributed by atoms with E-state index in [4.69, 9.17) is 10.00 Å². The summed E-state index contributed by atoms with van der Waals surface area (Å²) in [5.41, 5.74) is 1.00. The number of nitrogens with zero attached hydrogens (tertiary/aromatic N) is 1. The number of halogens is 1. The lowest BCUT2D eigenvalue weighted by Crippen LogP contribution is -1.90. The Morgan fingerprint density at radius 3 is 2.79 bits per heavy atom. The van der Waals surface area contributed by atoms with Crippen molar-refractivity contribution in [3.8, 4) is 11.8 Å². The molecule has 0 saturated carbocycles. The maximum Gasteiger partial charge on any atom is 0.146 e. The van der Waals surface area contributed by atoms with E-state index in [2.05, 4.69) is 22.0 Å². The predicted molar refractivity (Wildman–Crippen MR) is 61.8 cm³/mol. The Kier molecular flexibility index (Phi) is 4.30. The van der Waals surface area contributed by atoms with Gasteiger partial charge in [0.25, 0.3) is 0 Å². The molecule has 1 aromatic rings. The summed E-state index contributed by atoms with van der Waals surface area (Å²) in [6.45, 7) is 0. The molecule has 0 unspecified atom stereocenters. The zero-order chi connectivity index (χ0) is 10.6. The number of methoxy groups -OCH3 is 1. The number of hydrogen-bond donors (Lipinski definition) is 0. The van der Waals surface area contributed by atoms with Crippen LogP contribution in [0, 0.1) is 11.3 Å². The van der Waals surface area contributed by atoms with Crippen LogP contribution in [0.25, 0.3) is 0 Å². The molecule has 4 heteroatoms. The lowest BCUT2D eigenvalue weighted by molar-refractivity contribution is 0.402. The van der Waals surface area contributed by atoms with E-state index in [0.717, 1.165) is 20.7 Å². The van der Waals surface area contributed by atoms with E-state index in [-0.39, 0.29) is 0 Å². The first-order valence-corrected chi connectivity index (χ1v) is 6.02. The topological polar surface area (TPSA) is 33.0 Å². The van der Waals surface area contributed by atoms with Gasteiger partial charge < -0.3 is 4.74 Å². The second kappa shape index (κ2) is 5.28. The van der Waals surface area contributed by atoms with Gasteiger partial charge in [-0.1, -0.05) is 0 Å². The number of ether oxygens (including phenoxy) is 1. The van der Waals surface area contributed by atoms with Crippen LogP contribution >= 0.6 is 27.7 Å². The fraction of sp³-hybridized carbons (Fsp3) is 0.300. The van der Waals surface area contributed by atoms with E-state index < -0.39 is 0 Å². The van der Waals surface area contributed by atoms with Gasteiger partial charge in [-0.15, -0.1) is 11.8 Å². The summed E-state index contributed by atoms with van der Waals surface area (Å²) in [6, 6.07) is 6.03. The van der Waals surface area contributed by atoms with Gasteiger partial charge >= 0.3 is 0 Å². The maximum absolute atomic E-state index is 8.60. The lowest BCUT2D eigenvalue weighted by atomic mass is 10.1. The van der Waals surface area contributed by atoms with Crippen molar-refractivity contribution in [2.75, 3.05) is 13.4 Å². The minimum atomic E-state index is 0.427. The Bertz CT molecular complexity index is 373. The van der Waals surface area contributed by atoms with Gasteiger partial charge in [-0.05, 0) is 39.9 Å². The van der Waals surface area contributed by atoms with Crippen LogP contribution in [-0.4, -0.2) is 13.4 Å². The SMILES string of the molecule is COc1c(Br)cc(CC#N)cc1SC. The molecule has 0 aromatic heterocycles. The van der Waals surface area contributed by atoms with Crippen molar-refractivity contribution in [3.05, 3.63) is 22.2 Å². The molecule has 0 aliphatic heterocycles. The van der Waals surface area contributed by atoms with Crippen molar-refractivity contribution in [2.24, 2.45) is 0 Å². The molecular formula is C10H10BrNOS. The highest BCUT2D eigenvalue weighted by Crippen LogP contribution is 2.36. The molecular weight excluding hydrogens is 262 g/mol. The van der Waals surface area contributed by atoms with Crippen LogP contribution in [0.15, 0.2) is 21.5 Å². The van der Waals surface area contributed by atoms with E-state index in [9.17, 15) is 0 Å². The maximum atomic E-state index is 8.60. The highest BCUT2D eigenvalue weighted by atomic mass is 79.9. The average Bonchev–Trinajstić information content (AvgIpc) is 2.17. The third kappa shape index (κ3) is 2.43. The van der Waals surface area contributed by atoms with E-state index >= 15 is 0 Å². The van der Waals surface area contributed by atoms with Gasteiger partial charge in [0, 0.05) is 0 Å². The molecule has 0 amide bonds. The Labute approximate surface area is 96.4 Å². The molecule has 0 saturated heterocycles. The highest BCUT2D eigenvalue weighted by molar-refractivity contribution is 9.10. The average molecular weight is 272 g/mol. The summed E-state index contributed by atoms with van der Waals surface area (Å²) in [7, 11) is 1.64. The first kappa shape index (κ1) is 11.4. The van der Waals surface area contributed by atoms with Gasteiger partial charge in [-0.25, -0.2) is 0 Å². The molecule has 0 bridgehead atoms. The van der Waals surface area contributed by atoms with Crippen LogP contribution in [0.3, 0.4) is 0 Å². The minimum Gasteiger partial charge on any atom is -0.494 e. The van der Waals surface area contributed by atoms with Crippen LogP contribution in [0.2, 0.25) is 0 Å². The largest absolute Gasteiger partial charge is 0.494 e. The molecule has 0 atom stereocenters. The minimum absolute atomic E-state index is 0.427. The van der Waals surface area contributed by atoms with Gasteiger partial charge in [0.1, 0.15) is 5.75 Å². The molecule has 0 aliphatic carbocycles. The van der Waals surface area contributed by atoms with Crippen LogP contribution in [0.5, 0.6) is 5.75 Å². The summed E-state index contributed by atoms with van der Waals surface area (Å²) >= 11 is 5.03. The Morgan fingerprint density at radius 1 is 1.57 bits per heavy atom. The molecule has 0 aliphatic rings. The van der Waals surface area contributed by atoms with Gasteiger partial charge in [0.2, 0.25) is 0 Å². The zero-order valence-corrected chi connectivity index (χ0v) is 10.4. The fourth-order valence-corrected chi connectivity index (χ4v) is 2.61. The van der Waals surface area contributed by atoms with E-state index in [0.29, 0.717) is 6.42 Å². The number of rotatable bonds is 3. The third-order valence-corrected chi connectivity index (χ3v) is 3.11. The molecule has 1 rings (SSSR count). The number of benzene rings is 1. The summed E-state index contributed by atoms with van der Waals surface area (Å²) in [6.07, 6.45) is 2.41. The third-order valence-electron chi connectivity index (χ3n) is 1.78. The summed E-state index contributed by atoms with van der Waals surface area (Å²) in [5, 5.41) is 8.60. The van der Waals surface area contributed by atoms with Crippen LogP contribution in [0.1, 0.15) is 5.56 Å². The fourth-order valence-electron chi connectivity index (χ4n) is 1.16. The Hall–Kier alpha value is -0.660. The lowest BCUT2D eigenvalue weighted by Gasteiger charge is -2.09. The first-order valence-electron chi connectivity index (χ1n) is 4.00. The predicted octanol–water partition coefficient (Wildman–Crippen LogP) is 3.25. The van der Waals surface area contributed by atoms with Crippen molar-refractivity contribution < 1.29 is 4.74 Å². The van der Waals surface area contributed by atoms with Gasteiger partial charge in [-0.3, -0.25) is 0 Å². The van der Waals surface area contributed by atoms with E-state index in [1.54, 1.807) is 18.9 Å². The van der Waals surface area contributed by atoms with Crippen molar-refractivity contribution >= 4 is 27.7 Å². The molecule has 14 heavy (non-hydrogen) atoms. The highest BCUT2D eigenvalue weighted by Gasteiger charge is 2.08. The Balaban J connectivity index is 3.18. The summed E-state index contributed by atoms with van der Waals surface area (Å²) < 4.78 is 6.15. The van der Waals surface area contributed by atoms with Crippen molar-refractivity contribution in [3.63, 3.8) is 0 Å². The van der Waals surface area contributed by atoms with Crippen LogP contribution < -0.4 is 4.74 Å². The number of hydrogen-bond acceptors (Lipinski definition) is 3.